The van der Waals surface area contributed by atoms with Crippen molar-refractivity contribution in [1.82, 2.24) is 14.8 Å². The fourth-order valence-corrected chi connectivity index (χ4v) is 3.72. The summed E-state index contributed by atoms with van der Waals surface area (Å²) in [6.07, 6.45) is 4.10. The van der Waals surface area contributed by atoms with Gasteiger partial charge in [-0.05, 0) is 47.9 Å². The van der Waals surface area contributed by atoms with Crippen molar-refractivity contribution in [3.8, 4) is 6.07 Å². The lowest BCUT2D eigenvalue weighted by molar-refractivity contribution is -0.131. The third-order valence-electron chi connectivity index (χ3n) is 4.86. The van der Waals surface area contributed by atoms with Crippen LogP contribution in [-0.4, -0.2) is 66.5 Å². The van der Waals surface area contributed by atoms with Crippen molar-refractivity contribution in [3.63, 3.8) is 0 Å². The molecule has 3 heterocycles. The minimum absolute atomic E-state index is 0.252. The van der Waals surface area contributed by atoms with E-state index in [-0.39, 0.29) is 5.91 Å². The van der Waals surface area contributed by atoms with Gasteiger partial charge in [0, 0.05) is 49.0 Å². The van der Waals surface area contributed by atoms with E-state index < -0.39 is 0 Å². The molecule has 2 saturated heterocycles. The van der Waals surface area contributed by atoms with E-state index in [0.717, 1.165) is 67.1 Å². The average Bonchev–Trinajstić information content (AvgIpc) is 3.13. The number of nitrogens with zero attached hydrogens (tertiary/aromatic N) is 5. The molecule has 0 saturated carbocycles. The fourth-order valence-electron chi connectivity index (χ4n) is 3.32. The summed E-state index contributed by atoms with van der Waals surface area (Å²) >= 11 is 2.21. The second kappa shape index (κ2) is 7.66. The van der Waals surface area contributed by atoms with Crippen LogP contribution in [-0.2, 0) is 4.79 Å². The minimum Gasteiger partial charge on any atom is -0.353 e. The highest BCUT2D eigenvalue weighted by Gasteiger charge is 2.25. The Balaban J connectivity index is 1.60. The van der Waals surface area contributed by atoms with Crippen molar-refractivity contribution in [2.24, 2.45) is 0 Å². The summed E-state index contributed by atoms with van der Waals surface area (Å²) in [5.74, 6) is 1.03. The Bertz CT molecular complexity index is 658. The first-order valence-electron chi connectivity index (χ1n) is 8.40. The lowest BCUT2D eigenvalue weighted by Crippen LogP contribution is -2.50. The maximum Gasteiger partial charge on any atom is 0.236 e. The summed E-state index contributed by atoms with van der Waals surface area (Å²) in [7, 11) is 0. The van der Waals surface area contributed by atoms with Gasteiger partial charge < -0.3 is 9.80 Å². The molecule has 7 heteroatoms. The number of pyridine rings is 1. The second-order valence-electron chi connectivity index (χ2n) is 6.39. The van der Waals surface area contributed by atoms with Crippen molar-refractivity contribution < 1.29 is 4.79 Å². The number of likely N-dealkylation sites (tertiary alicyclic amines) is 1. The molecule has 1 aromatic heterocycles. The summed E-state index contributed by atoms with van der Waals surface area (Å²) < 4.78 is 1.02. The van der Waals surface area contributed by atoms with Crippen LogP contribution in [0.3, 0.4) is 0 Å². The van der Waals surface area contributed by atoms with Gasteiger partial charge in [-0.25, -0.2) is 4.98 Å². The number of halogens is 1. The zero-order valence-corrected chi connectivity index (χ0v) is 16.1. The van der Waals surface area contributed by atoms with E-state index in [1.807, 2.05) is 18.0 Å². The van der Waals surface area contributed by atoms with Crippen LogP contribution < -0.4 is 4.90 Å². The molecule has 0 aliphatic carbocycles. The number of nitriles is 1. The van der Waals surface area contributed by atoms with E-state index in [1.165, 1.54) is 0 Å². The van der Waals surface area contributed by atoms with Crippen LogP contribution in [0.1, 0.15) is 24.0 Å². The highest BCUT2D eigenvalue weighted by molar-refractivity contribution is 14.1. The molecule has 2 aliphatic rings. The smallest absolute Gasteiger partial charge is 0.236 e. The number of aromatic nitrogens is 1. The normalized spacial score (nSPS) is 18.7. The molecule has 128 valence electrons. The molecule has 3 rings (SSSR count). The summed E-state index contributed by atoms with van der Waals surface area (Å²) in [4.78, 5) is 23.1. The Kier molecular flexibility index (Phi) is 5.56. The van der Waals surface area contributed by atoms with Gasteiger partial charge in [0.25, 0.3) is 0 Å². The van der Waals surface area contributed by atoms with Crippen LogP contribution in [0.5, 0.6) is 0 Å². The van der Waals surface area contributed by atoms with E-state index in [1.54, 1.807) is 0 Å². The predicted molar refractivity (Wildman–Crippen MR) is 101 cm³/mol. The molecular formula is C17H22IN5O. The number of hydrogen-bond donors (Lipinski definition) is 0. The zero-order valence-electron chi connectivity index (χ0n) is 14.0. The maximum absolute atomic E-state index is 12.3. The Morgan fingerprint density at radius 3 is 2.54 bits per heavy atom. The monoisotopic (exact) mass is 439 g/mol. The summed E-state index contributed by atoms with van der Waals surface area (Å²) in [6, 6.07) is 2.30. The van der Waals surface area contributed by atoms with Gasteiger partial charge in [0.15, 0.2) is 0 Å². The van der Waals surface area contributed by atoms with Crippen molar-refractivity contribution in [2.75, 3.05) is 50.7 Å². The van der Waals surface area contributed by atoms with Crippen molar-refractivity contribution in [3.05, 3.63) is 20.9 Å². The van der Waals surface area contributed by atoms with E-state index in [4.69, 9.17) is 0 Å². The molecule has 0 unspecified atom stereocenters. The maximum atomic E-state index is 12.3. The van der Waals surface area contributed by atoms with Gasteiger partial charge >= 0.3 is 0 Å². The molecule has 6 nitrogen and oxygen atoms in total. The first-order valence-corrected chi connectivity index (χ1v) is 9.48. The van der Waals surface area contributed by atoms with Crippen LogP contribution in [0.4, 0.5) is 5.82 Å². The Labute approximate surface area is 156 Å². The lowest BCUT2D eigenvalue weighted by atomic mass is 10.1. The Morgan fingerprint density at radius 1 is 1.25 bits per heavy atom. The van der Waals surface area contributed by atoms with Gasteiger partial charge in [0.2, 0.25) is 5.91 Å². The van der Waals surface area contributed by atoms with Crippen LogP contribution in [0.2, 0.25) is 0 Å². The second-order valence-corrected chi connectivity index (χ2v) is 7.55. The molecule has 0 radical (unpaired) electrons. The number of rotatable bonds is 3. The molecule has 0 atom stereocenters. The lowest BCUT2D eigenvalue weighted by Gasteiger charge is -2.36. The van der Waals surface area contributed by atoms with Gasteiger partial charge in [-0.1, -0.05) is 0 Å². The molecule has 24 heavy (non-hydrogen) atoms. The van der Waals surface area contributed by atoms with Gasteiger partial charge in [-0.2, -0.15) is 5.26 Å². The molecule has 2 aliphatic heterocycles. The highest BCUT2D eigenvalue weighted by atomic mass is 127. The quantitative estimate of drug-likeness (QED) is 0.670. The standard InChI is InChI=1S/C17H22IN5O/c1-13-14(10-19)17(20-11-15(13)18)23-8-6-21(7-9-23)12-16(24)22-4-2-3-5-22/h11H,2-9,12H2,1H3. The molecule has 0 aromatic carbocycles. The predicted octanol–water partition coefficient (Wildman–Crippen LogP) is 1.61. The average molecular weight is 439 g/mol. The zero-order chi connectivity index (χ0) is 17.1. The third-order valence-corrected chi connectivity index (χ3v) is 5.95. The molecule has 0 bridgehead atoms. The molecule has 1 aromatic rings. The van der Waals surface area contributed by atoms with Gasteiger partial charge in [-0.15, -0.1) is 0 Å². The van der Waals surface area contributed by atoms with Gasteiger partial charge in [0.1, 0.15) is 11.9 Å². The number of hydrogen-bond acceptors (Lipinski definition) is 5. The van der Waals surface area contributed by atoms with Crippen LogP contribution in [0.15, 0.2) is 6.20 Å². The first kappa shape index (κ1) is 17.4. The number of piperazine rings is 1. The minimum atomic E-state index is 0.252. The van der Waals surface area contributed by atoms with Crippen LogP contribution in [0.25, 0.3) is 0 Å². The number of amides is 1. The van der Waals surface area contributed by atoms with E-state index in [2.05, 4.69) is 43.4 Å². The Hall–Kier alpha value is -1.40. The van der Waals surface area contributed by atoms with Crippen molar-refractivity contribution >= 4 is 34.3 Å². The number of carbonyl (C=O) groups excluding carboxylic acids is 1. The van der Waals surface area contributed by atoms with Crippen LogP contribution >= 0.6 is 22.6 Å². The SMILES string of the molecule is Cc1c(I)cnc(N2CCN(CC(=O)N3CCCC3)CC2)c1C#N. The summed E-state index contributed by atoms with van der Waals surface area (Å²) in [5, 5.41) is 9.47. The molecular weight excluding hydrogens is 417 g/mol. The molecule has 2 fully saturated rings. The van der Waals surface area contributed by atoms with E-state index in [0.29, 0.717) is 12.1 Å². The topological polar surface area (TPSA) is 63.5 Å². The molecule has 0 spiro atoms. The van der Waals surface area contributed by atoms with Gasteiger partial charge in [0.05, 0.1) is 12.1 Å². The van der Waals surface area contributed by atoms with Crippen molar-refractivity contribution in [1.29, 1.82) is 5.26 Å². The van der Waals surface area contributed by atoms with Gasteiger partial charge in [-0.3, -0.25) is 9.69 Å². The third kappa shape index (κ3) is 3.64. The summed E-state index contributed by atoms with van der Waals surface area (Å²) in [5.41, 5.74) is 1.67. The molecule has 1 amide bonds. The fraction of sp³-hybridized carbons (Fsp3) is 0.588. The largest absolute Gasteiger partial charge is 0.353 e. The highest BCUT2D eigenvalue weighted by Crippen LogP contribution is 2.25. The van der Waals surface area contributed by atoms with E-state index >= 15 is 0 Å². The van der Waals surface area contributed by atoms with Crippen molar-refractivity contribution in [2.45, 2.75) is 19.8 Å². The summed E-state index contributed by atoms with van der Waals surface area (Å²) in [6.45, 7) is 7.57. The van der Waals surface area contributed by atoms with Crippen LogP contribution in [0, 0.1) is 21.8 Å². The number of carbonyl (C=O) groups is 1. The first-order chi connectivity index (χ1) is 11.6. The molecule has 0 N–H and O–H groups in total. The number of anilines is 1. The Morgan fingerprint density at radius 2 is 1.92 bits per heavy atom. The van der Waals surface area contributed by atoms with E-state index in [9.17, 15) is 10.1 Å².